The second kappa shape index (κ2) is 8.34. The molecule has 0 spiro atoms. The molecule has 0 saturated carbocycles. The molecule has 1 heterocycles. The van der Waals surface area contributed by atoms with Crippen molar-refractivity contribution in [2.45, 2.75) is 20.2 Å². The zero-order chi connectivity index (χ0) is 21.0. The molecule has 0 aliphatic carbocycles. The van der Waals surface area contributed by atoms with Crippen LogP contribution in [0.1, 0.15) is 24.2 Å². The van der Waals surface area contributed by atoms with Crippen LogP contribution in [0.4, 0.5) is 19.1 Å². The van der Waals surface area contributed by atoms with Gasteiger partial charge in [-0.15, -0.1) is 18.3 Å². The highest BCUT2D eigenvalue weighted by Gasteiger charge is 2.31. The predicted molar refractivity (Wildman–Crippen MR) is 102 cm³/mol. The number of alkyl halides is 3. The third kappa shape index (κ3) is 4.74. The molecule has 1 aromatic heterocycles. The Hall–Kier alpha value is -3.36. The van der Waals surface area contributed by atoms with Crippen LogP contribution in [0.15, 0.2) is 48.5 Å². The summed E-state index contributed by atoms with van der Waals surface area (Å²) < 4.78 is 42.7. The number of hydrogen-bond acceptors (Lipinski definition) is 5. The second-order valence-corrected chi connectivity index (χ2v) is 6.10. The summed E-state index contributed by atoms with van der Waals surface area (Å²) >= 11 is 0. The number of aldehydes is 1. The number of benzene rings is 2. The maximum Gasteiger partial charge on any atom is 0.573 e. The molecule has 0 aliphatic rings. The van der Waals surface area contributed by atoms with E-state index in [-0.39, 0.29) is 5.75 Å². The topological polar surface area (TPSA) is 60.2 Å². The molecule has 0 atom stereocenters. The molecule has 0 N–H and O–H groups in total. The summed E-state index contributed by atoms with van der Waals surface area (Å²) in [6, 6.07) is 12.3. The molecule has 0 radical (unpaired) electrons. The molecule has 29 heavy (non-hydrogen) atoms. The monoisotopic (exact) mass is 404 g/mol. The van der Waals surface area contributed by atoms with E-state index in [4.69, 9.17) is 0 Å². The Balaban J connectivity index is 2.01. The Kier molecular flexibility index (Phi) is 5.86. The fourth-order valence-corrected chi connectivity index (χ4v) is 2.81. The van der Waals surface area contributed by atoms with Crippen LogP contribution in [-0.4, -0.2) is 40.5 Å². The van der Waals surface area contributed by atoms with Crippen LogP contribution >= 0.6 is 0 Å². The fraction of sp³-hybridized carbons (Fsp3) is 0.250. The Morgan fingerprint density at radius 3 is 2.17 bits per heavy atom. The minimum atomic E-state index is -4.75. The van der Waals surface area contributed by atoms with Crippen LogP contribution in [0, 0.1) is 0 Å². The van der Waals surface area contributed by atoms with Gasteiger partial charge >= 0.3 is 6.36 Å². The maximum atomic E-state index is 12.4. The smallest absolute Gasteiger partial charge is 0.406 e. The van der Waals surface area contributed by atoms with Crippen LogP contribution in [0.25, 0.3) is 17.1 Å². The SMILES string of the molecule is CCN(CC)c1nc(-c2ccc(C=O)cc2)nn1-c1ccc(OC(F)(F)F)cc1. The maximum absolute atomic E-state index is 12.4. The van der Waals surface area contributed by atoms with E-state index in [0.29, 0.717) is 36.1 Å². The molecule has 2 aromatic carbocycles. The van der Waals surface area contributed by atoms with E-state index in [1.165, 1.54) is 24.3 Å². The van der Waals surface area contributed by atoms with E-state index in [2.05, 4.69) is 14.8 Å². The number of ether oxygens (including phenoxy) is 1. The molecule has 0 amide bonds. The quantitative estimate of drug-likeness (QED) is 0.543. The van der Waals surface area contributed by atoms with Gasteiger partial charge in [-0.3, -0.25) is 4.79 Å². The van der Waals surface area contributed by atoms with Crippen molar-refractivity contribution in [1.82, 2.24) is 14.8 Å². The van der Waals surface area contributed by atoms with Gasteiger partial charge in [0.2, 0.25) is 5.95 Å². The van der Waals surface area contributed by atoms with Crippen LogP contribution < -0.4 is 9.64 Å². The number of anilines is 1. The van der Waals surface area contributed by atoms with Crippen LogP contribution in [0.3, 0.4) is 0 Å². The van der Waals surface area contributed by atoms with E-state index in [1.807, 2.05) is 18.7 Å². The van der Waals surface area contributed by atoms with Gasteiger partial charge < -0.3 is 9.64 Å². The Morgan fingerprint density at radius 2 is 1.66 bits per heavy atom. The highest BCUT2D eigenvalue weighted by molar-refractivity contribution is 5.76. The zero-order valence-electron chi connectivity index (χ0n) is 15.8. The summed E-state index contributed by atoms with van der Waals surface area (Å²) in [7, 11) is 0. The molecular formula is C20H19F3N4O2. The molecule has 152 valence electrons. The van der Waals surface area contributed by atoms with E-state index < -0.39 is 6.36 Å². The number of rotatable bonds is 7. The van der Waals surface area contributed by atoms with Gasteiger partial charge in [-0.2, -0.15) is 9.67 Å². The molecule has 0 bridgehead atoms. The molecule has 0 saturated heterocycles. The number of halogens is 3. The minimum Gasteiger partial charge on any atom is -0.406 e. The molecule has 3 aromatic rings. The molecule has 0 fully saturated rings. The molecule has 6 nitrogen and oxygen atoms in total. The van der Waals surface area contributed by atoms with Crippen molar-refractivity contribution in [1.29, 1.82) is 0 Å². The van der Waals surface area contributed by atoms with E-state index in [0.717, 1.165) is 11.8 Å². The number of nitrogens with zero attached hydrogens (tertiary/aromatic N) is 4. The third-order valence-electron chi connectivity index (χ3n) is 4.26. The van der Waals surface area contributed by atoms with Gasteiger partial charge in [0.05, 0.1) is 5.69 Å². The van der Waals surface area contributed by atoms with Crippen molar-refractivity contribution in [2.75, 3.05) is 18.0 Å². The van der Waals surface area contributed by atoms with Gasteiger partial charge in [-0.05, 0) is 38.1 Å². The van der Waals surface area contributed by atoms with Crippen molar-refractivity contribution in [3.63, 3.8) is 0 Å². The summed E-state index contributed by atoms with van der Waals surface area (Å²) in [4.78, 5) is 17.5. The third-order valence-corrected chi connectivity index (χ3v) is 4.26. The second-order valence-electron chi connectivity index (χ2n) is 6.10. The largest absolute Gasteiger partial charge is 0.573 e. The van der Waals surface area contributed by atoms with Gasteiger partial charge in [0.25, 0.3) is 0 Å². The first-order chi connectivity index (χ1) is 13.8. The van der Waals surface area contributed by atoms with Crippen LogP contribution in [0.2, 0.25) is 0 Å². The van der Waals surface area contributed by atoms with Gasteiger partial charge in [-0.25, -0.2) is 0 Å². The minimum absolute atomic E-state index is 0.310. The highest BCUT2D eigenvalue weighted by atomic mass is 19.4. The van der Waals surface area contributed by atoms with E-state index in [9.17, 15) is 18.0 Å². The highest BCUT2D eigenvalue weighted by Crippen LogP contribution is 2.27. The first-order valence-corrected chi connectivity index (χ1v) is 8.98. The zero-order valence-corrected chi connectivity index (χ0v) is 15.8. The average molecular weight is 404 g/mol. The van der Waals surface area contributed by atoms with Gasteiger partial charge in [0, 0.05) is 24.2 Å². The number of carbonyl (C=O) groups is 1. The van der Waals surface area contributed by atoms with Crippen molar-refractivity contribution in [2.24, 2.45) is 0 Å². The Bertz CT molecular complexity index is 963. The normalized spacial score (nSPS) is 11.3. The lowest BCUT2D eigenvalue weighted by Crippen LogP contribution is -2.25. The van der Waals surface area contributed by atoms with Crippen molar-refractivity contribution < 1.29 is 22.7 Å². The predicted octanol–water partition coefficient (Wildman–Crippen LogP) is 4.49. The molecule has 0 unspecified atom stereocenters. The van der Waals surface area contributed by atoms with E-state index >= 15 is 0 Å². The van der Waals surface area contributed by atoms with Crippen molar-refractivity contribution >= 4 is 12.2 Å². The Morgan fingerprint density at radius 1 is 1.03 bits per heavy atom. The number of carbonyl (C=O) groups excluding carboxylic acids is 1. The lowest BCUT2D eigenvalue weighted by Gasteiger charge is -2.20. The number of aromatic nitrogens is 3. The molecule has 9 heteroatoms. The summed E-state index contributed by atoms with van der Waals surface area (Å²) in [5.41, 5.74) is 1.81. The van der Waals surface area contributed by atoms with Gasteiger partial charge in [0.1, 0.15) is 12.0 Å². The number of hydrogen-bond donors (Lipinski definition) is 0. The molecular weight excluding hydrogens is 385 g/mol. The summed E-state index contributed by atoms with van der Waals surface area (Å²) in [6.45, 7) is 5.30. The standard InChI is InChI=1S/C20H19F3N4O2/c1-3-26(4-2)19-24-18(15-7-5-14(13-28)6-8-15)25-27(19)16-9-11-17(12-10-16)29-20(21,22)23/h5-13H,3-4H2,1-2H3. The first-order valence-electron chi connectivity index (χ1n) is 8.98. The fourth-order valence-electron chi connectivity index (χ4n) is 2.81. The molecule has 0 aliphatic heterocycles. The van der Waals surface area contributed by atoms with Crippen LogP contribution in [0.5, 0.6) is 5.75 Å². The lowest BCUT2D eigenvalue weighted by molar-refractivity contribution is -0.274. The average Bonchev–Trinajstić information content (AvgIpc) is 3.13. The Labute approximate surface area is 165 Å². The summed E-state index contributed by atoms with van der Waals surface area (Å²) in [5.74, 6) is 0.698. The van der Waals surface area contributed by atoms with Crippen LogP contribution in [-0.2, 0) is 0 Å². The van der Waals surface area contributed by atoms with E-state index in [1.54, 1.807) is 28.9 Å². The molecule has 3 rings (SSSR count). The first kappa shape index (κ1) is 20.4. The summed E-state index contributed by atoms with van der Waals surface area (Å²) in [6.07, 6.45) is -4.00. The van der Waals surface area contributed by atoms with Crippen molar-refractivity contribution in [3.8, 4) is 22.8 Å². The van der Waals surface area contributed by atoms with Crippen molar-refractivity contribution in [3.05, 3.63) is 54.1 Å². The summed E-state index contributed by atoms with van der Waals surface area (Å²) in [5, 5.41) is 4.54. The lowest BCUT2D eigenvalue weighted by atomic mass is 10.1. The van der Waals surface area contributed by atoms with Gasteiger partial charge in [-0.1, -0.05) is 24.3 Å². The van der Waals surface area contributed by atoms with Gasteiger partial charge in [0.15, 0.2) is 5.82 Å².